The average Bonchev–Trinajstić information content (AvgIpc) is 2.81. The average molecular weight is 435 g/mol. The van der Waals surface area contributed by atoms with Crippen molar-refractivity contribution in [3.8, 4) is 5.75 Å². The standard InChI is InChI=1S/C21H23ClN2O4S/c1-13(25)28-19-20(14-4-7-16(27-3)8-5-14)29-18-12-15(22)6-9-17(18)24(21(19)26)11-10-23-2/h4-9,12,19-20,23H,10-11H2,1-3H3/t19-,20+/m1/s1. The van der Waals surface area contributed by atoms with Gasteiger partial charge >= 0.3 is 5.97 Å². The van der Waals surface area contributed by atoms with Gasteiger partial charge in [-0.25, -0.2) is 0 Å². The van der Waals surface area contributed by atoms with Crippen LogP contribution in [0.25, 0.3) is 0 Å². The second-order valence-electron chi connectivity index (χ2n) is 6.55. The van der Waals surface area contributed by atoms with Crippen LogP contribution in [0.3, 0.4) is 0 Å². The van der Waals surface area contributed by atoms with Crippen molar-refractivity contribution in [1.82, 2.24) is 5.32 Å². The maximum absolute atomic E-state index is 13.5. The van der Waals surface area contributed by atoms with Crippen molar-refractivity contribution in [3.63, 3.8) is 0 Å². The summed E-state index contributed by atoms with van der Waals surface area (Å²) >= 11 is 7.71. The van der Waals surface area contributed by atoms with Gasteiger partial charge in [-0.15, -0.1) is 11.8 Å². The lowest BCUT2D eigenvalue weighted by atomic mass is 10.1. The lowest BCUT2D eigenvalue weighted by Crippen LogP contribution is -2.45. The van der Waals surface area contributed by atoms with Gasteiger partial charge in [-0.3, -0.25) is 9.59 Å². The molecule has 154 valence electrons. The molecule has 0 saturated carbocycles. The number of halogens is 1. The molecule has 1 N–H and O–H groups in total. The van der Waals surface area contributed by atoms with Crippen LogP contribution in [0, 0.1) is 0 Å². The zero-order valence-electron chi connectivity index (χ0n) is 16.5. The third-order valence-electron chi connectivity index (χ3n) is 4.57. The van der Waals surface area contributed by atoms with E-state index in [2.05, 4.69) is 5.32 Å². The Balaban J connectivity index is 2.10. The molecule has 2 aromatic carbocycles. The van der Waals surface area contributed by atoms with Crippen LogP contribution in [0.2, 0.25) is 5.02 Å². The van der Waals surface area contributed by atoms with E-state index in [-0.39, 0.29) is 5.91 Å². The fraction of sp³-hybridized carbons (Fsp3) is 0.333. The summed E-state index contributed by atoms with van der Waals surface area (Å²) in [6.45, 7) is 2.35. The summed E-state index contributed by atoms with van der Waals surface area (Å²) in [6.07, 6.45) is -0.964. The predicted molar refractivity (Wildman–Crippen MR) is 115 cm³/mol. The zero-order chi connectivity index (χ0) is 21.0. The highest BCUT2D eigenvalue weighted by Gasteiger charge is 2.40. The largest absolute Gasteiger partial charge is 0.497 e. The number of hydrogen-bond donors (Lipinski definition) is 1. The Morgan fingerprint density at radius 2 is 1.97 bits per heavy atom. The molecule has 3 rings (SSSR count). The number of carbonyl (C=O) groups is 2. The predicted octanol–water partition coefficient (Wildman–Crippen LogP) is 3.68. The summed E-state index contributed by atoms with van der Waals surface area (Å²) in [5, 5.41) is 3.22. The summed E-state index contributed by atoms with van der Waals surface area (Å²) in [7, 11) is 3.42. The normalized spacial score (nSPS) is 18.8. The molecule has 1 aliphatic heterocycles. The lowest BCUT2D eigenvalue weighted by molar-refractivity contribution is -0.152. The minimum atomic E-state index is -0.964. The molecule has 29 heavy (non-hydrogen) atoms. The van der Waals surface area contributed by atoms with Crippen LogP contribution in [-0.4, -0.2) is 45.2 Å². The first-order valence-corrected chi connectivity index (χ1v) is 10.4. The number of benzene rings is 2. The van der Waals surface area contributed by atoms with Crippen LogP contribution in [-0.2, 0) is 14.3 Å². The van der Waals surface area contributed by atoms with E-state index in [4.69, 9.17) is 21.1 Å². The first-order valence-electron chi connectivity index (χ1n) is 9.18. The Bertz CT molecular complexity index is 891. The smallest absolute Gasteiger partial charge is 0.303 e. The van der Waals surface area contributed by atoms with Crippen molar-refractivity contribution in [1.29, 1.82) is 0 Å². The molecule has 1 amide bonds. The molecule has 0 bridgehead atoms. The number of carbonyl (C=O) groups excluding carboxylic acids is 2. The van der Waals surface area contributed by atoms with Crippen LogP contribution in [0.15, 0.2) is 47.4 Å². The second-order valence-corrected chi connectivity index (χ2v) is 8.17. The number of nitrogens with one attached hydrogen (secondary N) is 1. The van der Waals surface area contributed by atoms with Gasteiger partial charge in [-0.2, -0.15) is 0 Å². The Labute approximate surface area is 179 Å². The van der Waals surface area contributed by atoms with Gasteiger partial charge in [-0.05, 0) is 42.9 Å². The van der Waals surface area contributed by atoms with Gasteiger partial charge in [0.2, 0.25) is 0 Å². The summed E-state index contributed by atoms with van der Waals surface area (Å²) in [5.74, 6) is -0.0494. The Kier molecular flexibility index (Phi) is 7.05. The summed E-state index contributed by atoms with van der Waals surface area (Å²) in [6, 6.07) is 12.9. The highest BCUT2D eigenvalue weighted by Crippen LogP contribution is 2.47. The van der Waals surface area contributed by atoms with Crippen LogP contribution >= 0.6 is 23.4 Å². The van der Waals surface area contributed by atoms with E-state index >= 15 is 0 Å². The van der Waals surface area contributed by atoms with Gasteiger partial charge in [0.25, 0.3) is 5.91 Å². The third-order valence-corrected chi connectivity index (χ3v) is 6.16. The Morgan fingerprint density at radius 1 is 1.24 bits per heavy atom. The number of anilines is 1. The summed E-state index contributed by atoms with van der Waals surface area (Å²) < 4.78 is 10.8. The number of esters is 1. The molecule has 0 spiro atoms. The van der Waals surface area contributed by atoms with E-state index in [0.717, 1.165) is 16.1 Å². The first kappa shape index (κ1) is 21.5. The molecule has 2 atom stereocenters. The maximum atomic E-state index is 13.5. The van der Waals surface area contributed by atoms with Gasteiger partial charge < -0.3 is 19.7 Å². The van der Waals surface area contributed by atoms with Gasteiger partial charge in [0.05, 0.1) is 18.0 Å². The number of thioether (sulfide) groups is 1. The van der Waals surface area contributed by atoms with E-state index in [0.29, 0.717) is 23.9 Å². The van der Waals surface area contributed by atoms with E-state index in [9.17, 15) is 9.59 Å². The van der Waals surface area contributed by atoms with Crippen molar-refractivity contribution >= 4 is 40.9 Å². The molecule has 0 aliphatic carbocycles. The van der Waals surface area contributed by atoms with E-state index < -0.39 is 17.3 Å². The lowest BCUT2D eigenvalue weighted by Gasteiger charge is -2.27. The quantitative estimate of drug-likeness (QED) is 0.699. The van der Waals surface area contributed by atoms with Crippen molar-refractivity contribution in [2.45, 2.75) is 23.2 Å². The molecular weight excluding hydrogens is 412 g/mol. The summed E-state index contributed by atoms with van der Waals surface area (Å²) in [5.41, 5.74) is 1.62. The van der Waals surface area contributed by atoms with Crippen LogP contribution in [0.4, 0.5) is 5.69 Å². The van der Waals surface area contributed by atoms with Crippen molar-refractivity contribution < 1.29 is 19.1 Å². The first-order chi connectivity index (χ1) is 13.9. The van der Waals surface area contributed by atoms with Crippen LogP contribution in [0.5, 0.6) is 5.75 Å². The fourth-order valence-corrected chi connectivity index (χ4v) is 4.78. The topological polar surface area (TPSA) is 67.9 Å². The van der Waals surface area contributed by atoms with Crippen LogP contribution < -0.4 is 15.0 Å². The molecule has 0 aromatic heterocycles. The van der Waals surface area contributed by atoms with Gasteiger partial charge in [0.1, 0.15) is 5.75 Å². The summed E-state index contributed by atoms with van der Waals surface area (Å²) in [4.78, 5) is 27.8. The number of fused-ring (bicyclic) bond motifs is 1. The number of ether oxygens (including phenoxy) is 2. The maximum Gasteiger partial charge on any atom is 0.303 e. The molecule has 2 aromatic rings. The molecule has 0 unspecified atom stereocenters. The van der Waals surface area contributed by atoms with E-state index in [1.807, 2.05) is 43.4 Å². The SMILES string of the molecule is CNCCN1C(=O)[C@H](OC(C)=O)[C@H](c2ccc(OC)cc2)Sc2cc(Cl)ccc21. The number of nitrogens with zero attached hydrogens (tertiary/aromatic N) is 1. The fourth-order valence-electron chi connectivity index (χ4n) is 3.19. The number of hydrogen-bond acceptors (Lipinski definition) is 6. The minimum absolute atomic E-state index is 0.259. The Morgan fingerprint density at radius 3 is 2.59 bits per heavy atom. The van der Waals surface area contributed by atoms with Gasteiger partial charge in [0.15, 0.2) is 6.10 Å². The molecular formula is C21H23ClN2O4S. The molecule has 0 radical (unpaired) electrons. The van der Waals surface area contributed by atoms with E-state index in [1.165, 1.54) is 18.7 Å². The van der Waals surface area contributed by atoms with Crippen molar-refractivity contribution in [2.75, 3.05) is 32.1 Å². The number of likely N-dealkylation sites (N-methyl/N-ethyl adjacent to an activating group) is 1. The highest BCUT2D eigenvalue weighted by molar-refractivity contribution is 7.99. The molecule has 1 aliphatic rings. The molecule has 8 heteroatoms. The van der Waals surface area contributed by atoms with Crippen LogP contribution in [0.1, 0.15) is 17.7 Å². The monoisotopic (exact) mass is 434 g/mol. The zero-order valence-corrected chi connectivity index (χ0v) is 18.0. The molecule has 0 saturated heterocycles. The molecule has 1 heterocycles. The van der Waals surface area contributed by atoms with Crippen molar-refractivity contribution in [3.05, 3.63) is 53.1 Å². The van der Waals surface area contributed by atoms with Gasteiger partial charge in [0, 0.05) is 29.9 Å². The van der Waals surface area contributed by atoms with Crippen molar-refractivity contribution in [2.24, 2.45) is 0 Å². The number of amides is 1. The second kappa shape index (κ2) is 9.52. The number of methoxy groups -OCH3 is 1. The van der Waals surface area contributed by atoms with E-state index in [1.54, 1.807) is 18.1 Å². The Hall–Kier alpha value is -2.22. The third kappa shape index (κ3) is 4.86. The molecule has 0 fully saturated rings. The highest BCUT2D eigenvalue weighted by atomic mass is 35.5. The number of rotatable bonds is 6. The van der Waals surface area contributed by atoms with Gasteiger partial charge in [-0.1, -0.05) is 23.7 Å². The minimum Gasteiger partial charge on any atom is -0.497 e. The molecule has 6 nitrogen and oxygen atoms in total.